The van der Waals surface area contributed by atoms with E-state index in [1.54, 1.807) is 0 Å². The Labute approximate surface area is 103 Å². The van der Waals surface area contributed by atoms with E-state index >= 15 is 0 Å². The summed E-state index contributed by atoms with van der Waals surface area (Å²) in [6.45, 7) is 5.28. The van der Waals surface area contributed by atoms with Crippen LogP contribution < -0.4 is 11.3 Å². The molecule has 1 fully saturated rings. The molecule has 3 unspecified atom stereocenters. The van der Waals surface area contributed by atoms with Crippen molar-refractivity contribution in [3.63, 3.8) is 0 Å². The Morgan fingerprint density at radius 1 is 1.59 bits per heavy atom. The Kier molecular flexibility index (Phi) is 5.88. The number of nitrogens with two attached hydrogens (primary N) is 1. The van der Waals surface area contributed by atoms with Crippen molar-refractivity contribution in [3.05, 3.63) is 0 Å². The van der Waals surface area contributed by atoms with E-state index in [9.17, 15) is 4.79 Å². The highest BCUT2D eigenvalue weighted by atomic mass is 16.3. The van der Waals surface area contributed by atoms with Crippen LogP contribution in [0.1, 0.15) is 39.5 Å². The number of aliphatic hydroxyl groups excluding tert-OH is 1. The van der Waals surface area contributed by atoms with Gasteiger partial charge in [0.15, 0.2) is 0 Å². The quantitative estimate of drug-likeness (QED) is 0.355. The van der Waals surface area contributed by atoms with Crippen LogP contribution in [0.4, 0.5) is 0 Å². The van der Waals surface area contributed by atoms with Gasteiger partial charge in [-0.15, -0.1) is 0 Å². The van der Waals surface area contributed by atoms with Crippen molar-refractivity contribution in [2.24, 2.45) is 11.8 Å². The van der Waals surface area contributed by atoms with Gasteiger partial charge in [-0.2, -0.15) is 0 Å². The van der Waals surface area contributed by atoms with Crippen LogP contribution in [-0.2, 0) is 4.79 Å². The van der Waals surface area contributed by atoms with Gasteiger partial charge in [0.05, 0.1) is 5.92 Å². The molecule has 0 aromatic heterocycles. The summed E-state index contributed by atoms with van der Waals surface area (Å²) in [4.78, 5) is 13.9. The number of rotatable bonds is 6. The summed E-state index contributed by atoms with van der Waals surface area (Å²) >= 11 is 0. The second kappa shape index (κ2) is 6.93. The van der Waals surface area contributed by atoms with Crippen molar-refractivity contribution in [1.82, 2.24) is 10.3 Å². The van der Waals surface area contributed by atoms with E-state index in [4.69, 9.17) is 10.9 Å². The predicted octanol–water partition coefficient (Wildman–Crippen LogP) is 0.238. The summed E-state index contributed by atoms with van der Waals surface area (Å²) < 4.78 is 0. The van der Waals surface area contributed by atoms with Crippen LogP contribution in [0.5, 0.6) is 0 Å². The van der Waals surface area contributed by atoms with Gasteiger partial charge < -0.3 is 5.11 Å². The van der Waals surface area contributed by atoms with Crippen LogP contribution >= 0.6 is 0 Å². The molecule has 0 aromatic carbocycles. The largest absolute Gasteiger partial charge is 0.396 e. The number of carbonyl (C=O) groups is 1. The van der Waals surface area contributed by atoms with Crippen molar-refractivity contribution < 1.29 is 9.90 Å². The second-order valence-electron chi connectivity index (χ2n) is 4.94. The predicted molar refractivity (Wildman–Crippen MR) is 67.0 cm³/mol. The number of hydrogen-bond donors (Lipinski definition) is 3. The monoisotopic (exact) mass is 243 g/mol. The second-order valence-corrected chi connectivity index (χ2v) is 4.94. The number of nitrogens with zero attached hydrogens (tertiary/aromatic N) is 1. The summed E-state index contributed by atoms with van der Waals surface area (Å²) in [7, 11) is 0. The normalized spacial score (nSPS) is 24.6. The number of nitrogens with one attached hydrogen (secondary N) is 1. The third-order valence-electron chi connectivity index (χ3n) is 3.92. The average Bonchev–Trinajstić information content (AvgIpc) is 2.81. The highest BCUT2D eigenvalue weighted by molar-refractivity contribution is 5.78. The molecular formula is C12H25N3O2. The summed E-state index contributed by atoms with van der Waals surface area (Å²) in [5, 5.41) is 8.89. The molecule has 0 spiro atoms. The van der Waals surface area contributed by atoms with Gasteiger partial charge in [-0.3, -0.25) is 15.1 Å². The van der Waals surface area contributed by atoms with Crippen LogP contribution in [0.15, 0.2) is 0 Å². The van der Waals surface area contributed by atoms with Crippen molar-refractivity contribution in [2.45, 2.75) is 51.6 Å². The first-order valence-corrected chi connectivity index (χ1v) is 6.48. The summed E-state index contributed by atoms with van der Waals surface area (Å²) in [5.74, 6) is 4.96. The van der Waals surface area contributed by atoms with Gasteiger partial charge in [0.1, 0.15) is 0 Å². The number of carbonyl (C=O) groups excluding carboxylic acids is 1. The molecule has 1 amide bonds. The average molecular weight is 243 g/mol. The molecule has 1 aliphatic rings. The SMILES string of the molecule is CC(C(=O)NN)C(C)N1CCCC1CCCO. The lowest BCUT2D eigenvalue weighted by Gasteiger charge is -2.33. The molecule has 1 rings (SSSR count). The zero-order valence-electron chi connectivity index (χ0n) is 10.9. The van der Waals surface area contributed by atoms with Gasteiger partial charge >= 0.3 is 0 Å². The molecule has 100 valence electrons. The van der Waals surface area contributed by atoms with Crippen molar-refractivity contribution in [1.29, 1.82) is 0 Å². The number of likely N-dealkylation sites (tertiary alicyclic amines) is 1. The standard InChI is InChI=1S/C12H25N3O2/c1-9(12(17)14-13)10(2)15-7-3-5-11(15)6-4-8-16/h9-11,16H,3-8,13H2,1-2H3,(H,14,17). The number of amides is 1. The van der Waals surface area contributed by atoms with Crippen molar-refractivity contribution in [2.75, 3.05) is 13.2 Å². The summed E-state index contributed by atoms with van der Waals surface area (Å²) in [6, 6.07) is 0.704. The van der Waals surface area contributed by atoms with Gasteiger partial charge in [-0.25, -0.2) is 5.84 Å². The lowest BCUT2D eigenvalue weighted by atomic mass is 9.99. The van der Waals surface area contributed by atoms with Gasteiger partial charge in [0.25, 0.3) is 0 Å². The fourth-order valence-electron chi connectivity index (χ4n) is 2.67. The van der Waals surface area contributed by atoms with Crippen LogP contribution in [0.25, 0.3) is 0 Å². The van der Waals surface area contributed by atoms with E-state index in [1.807, 2.05) is 6.92 Å². The van der Waals surface area contributed by atoms with Crippen LogP contribution in [0.2, 0.25) is 0 Å². The molecule has 5 nitrogen and oxygen atoms in total. The first-order valence-electron chi connectivity index (χ1n) is 6.48. The molecule has 0 bridgehead atoms. The Hall–Kier alpha value is -0.650. The number of hydrogen-bond acceptors (Lipinski definition) is 4. The minimum absolute atomic E-state index is 0.102. The van der Waals surface area contributed by atoms with E-state index < -0.39 is 0 Å². The summed E-state index contributed by atoms with van der Waals surface area (Å²) in [5.41, 5.74) is 2.22. The molecule has 0 aliphatic carbocycles. The number of aliphatic hydroxyl groups is 1. The first-order chi connectivity index (χ1) is 8.11. The van der Waals surface area contributed by atoms with E-state index in [1.165, 1.54) is 12.8 Å². The minimum atomic E-state index is -0.106. The van der Waals surface area contributed by atoms with Crippen molar-refractivity contribution in [3.8, 4) is 0 Å². The van der Waals surface area contributed by atoms with E-state index in [-0.39, 0.29) is 24.5 Å². The maximum Gasteiger partial charge on any atom is 0.238 e. The highest BCUT2D eigenvalue weighted by Gasteiger charge is 2.32. The first kappa shape index (κ1) is 14.4. The van der Waals surface area contributed by atoms with E-state index in [0.29, 0.717) is 6.04 Å². The molecule has 3 atom stereocenters. The molecular weight excluding hydrogens is 218 g/mol. The van der Waals surface area contributed by atoms with Crippen LogP contribution in [-0.4, -0.2) is 41.1 Å². The molecule has 0 saturated carbocycles. The fourth-order valence-corrected chi connectivity index (χ4v) is 2.67. The Bertz CT molecular complexity index is 248. The lowest BCUT2D eigenvalue weighted by molar-refractivity contribution is -0.126. The zero-order chi connectivity index (χ0) is 12.8. The molecule has 5 heteroatoms. The fraction of sp³-hybridized carbons (Fsp3) is 0.917. The third kappa shape index (κ3) is 3.66. The maximum absolute atomic E-state index is 11.5. The van der Waals surface area contributed by atoms with Gasteiger partial charge in [0.2, 0.25) is 5.91 Å². The van der Waals surface area contributed by atoms with Crippen molar-refractivity contribution >= 4 is 5.91 Å². The molecule has 1 saturated heterocycles. The lowest BCUT2D eigenvalue weighted by Crippen LogP contribution is -2.47. The van der Waals surface area contributed by atoms with Crippen LogP contribution in [0.3, 0.4) is 0 Å². The maximum atomic E-state index is 11.5. The Morgan fingerprint density at radius 2 is 2.29 bits per heavy atom. The van der Waals surface area contributed by atoms with Gasteiger partial charge in [0, 0.05) is 18.7 Å². The third-order valence-corrected chi connectivity index (χ3v) is 3.92. The number of hydrazine groups is 1. The van der Waals surface area contributed by atoms with E-state index in [2.05, 4.69) is 17.2 Å². The Balaban J connectivity index is 2.54. The Morgan fingerprint density at radius 3 is 2.88 bits per heavy atom. The molecule has 0 radical (unpaired) electrons. The van der Waals surface area contributed by atoms with Gasteiger partial charge in [-0.1, -0.05) is 6.92 Å². The zero-order valence-corrected chi connectivity index (χ0v) is 10.9. The highest BCUT2D eigenvalue weighted by Crippen LogP contribution is 2.26. The summed E-state index contributed by atoms with van der Waals surface area (Å²) in [6.07, 6.45) is 4.20. The molecule has 0 aromatic rings. The molecule has 1 heterocycles. The van der Waals surface area contributed by atoms with Crippen LogP contribution in [0, 0.1) is 5.92 Å². The topological polar surface area (TPSA) is 78.6 Å². The molecule has 17 heavy (non-hydrogen) atoms. The molecule has 1 aliphatic heterocycles. The smallest absolute Gasteiger partial charge is 0.238 e. The van der Waals surface area contributed by atoms with Gasteiger partial charge in [-0.05, 0) is 39.2 Å². The molecule has 4 N–H and O–H groups in total. The minimum Gasteiger partial charge on any atom is -0.396 e. The van der Waals surface area contributed by atoms with E-state index in [0.717, 1.165) is 19.4 Å².